The summed E-state index contributed by atoms with van der Waals surface area (Å²) in [4.78, 5) is 10.1. The van der Waals surface area contributed by atoms with Gasteiger partial charge in [0.05, 0.1) is 6.61 Å². The van der Waals surface area contributed by atoms with Gasteiger partial charge in [-0.1, -0.05) is 0 Å². The summed E-state index contributed by atoms with van der Waals surface area (Å²) in [7, 11) is 0. The molecule has 13 heavy (non-hydrogen) atoms. The molecule has 0 unspecified atom stereocenters. The van der Waals surface area contributed by atoms with E-state index in [-0.39, 0.29) is 11.8 Å². The van der Waals surface area contributed by atoms with E-state index in [4.69, 9.17) is 11.6 Å². The highest BCUT2D eigenvalue weighted by Crippen LogP contribution is 1.79. The van der Waals surface area contributed by atoms with Gasteiger partial charge in [0.25, 0.3) is 0 Å². The molecule has 0 aromatic rings. The molecule has 1 aliphatic heterocycles. The van der Waals surface area contributed by atoms with Crippen molar-refractivity contribution < 1.29 is 9.53 Å². The number of halogens is 1. The van der Waals surface area contributed by atoms with Crippen molar-refractivity contribution in [2.24, 2.45) is 0 Å². The zero-order valence-corrected chi connectivity index (χ0v) is 8.69. The topological polar surface area (TPSA) is 50.4 Å². The average Bonchev–Trinajstić information content (AvgIpc) is 2.22. The third-order valence-corrected chi connectivity index (χ3v) is 1.59. The number of hydrogen-bond donors (Lipinski definition) is 2. The summed E-state index contributed by atoms with van der Waals surface area (Å²) in [6, 6.07) is 0. The maximum Gasteiger partial charge on any atom is 0.320 e. The molecule has 0 saturated carbocycles. The average molecular weight is 209 g/mol. The molecule has 0 radical (unpaired) electrons. The number of hydrogen-bond acceptors (Lipinski definition) is 4. The highest BCUT2D eigenvalue weighted by Gasteiger charge is 1.93. The number of esters is 1. The normalized spacial score (nSPS) is 15.5. The predicted octanol–water partition coefficient (Wildman–Crippen LogP) is -0.0325. The maximum absolute atomic E-state index is 10.1. The first kappa shape index (κ1) is 12.7. The SMILES string of the molecule is C1CNCCN1.CCOC(=O)CCl. The van der Waals surface area contributed by atoms with Crippen LogP contribution in [0.5, 0.6) is 0 Å². The lowest BCUT2D eigenvalue weighted by Gasteiger charge is -2.11. The second kappa shape index (κ2) is 9.77. The number of alkyl halides is 1. The zero-order chi connectivity index (χ0) is 9.94. The summed E-state index contributed by atoms with van der Waals surface area (Å²) in [5.41, 5.74) is 0. The summed E-state index contributed by atoms with van der Waals surface area (Å²) in [6.45, 7) is 6.70. The van der Waals surface area contributed by atoms with Crippen molar-refractivity contribution in [1.29, 1.82) is 0 Å². The Morgan fingerprint density at radius 2 is 1.77 bits per heavy atom. The van der Waals surface area contributed by atoms with Crippen molar-refractivity contribution in [3.8, 4) is 0 Å². The quantitative estimate of drug-likeness (QED) is 0.494. The molecule has 0 spiro atoms. The highest BCUT2D eigenvalue weighted by molar-refractivity contribution is 6.26. The van der Waals surface area contributed by atoms with E-state index in [9.17, 15) is 4.79 Å². The molecule has 0 bridgehead atoms. The number of nitrogens with one attached hydrogen (secondary N) is 2. The van der Waals surface area contributed by atoms with Gasteiger partial charge in [0.1, 0.15) is 5.88 Å². The Hall–Kier alpha value is -0.320. The Morgan fingerprint density at radius 3 is 1.92 bits per heavy atom. The number of carbonyl (C=O) groups is 1. The second-order valence-electron chi connectivity index (χ2n) is 2.44. The van der Waals surface area contributed by atoms with Crippen molar-refractivity contribution in [3.05, 3.63) is 0 Å². The largest absolute Gasteiger partial charge is 0.465 e. The first-order valence-electron chi connectivity index (χ1n) is 4.44. The molecule has 0 amide bonds. The minimum Gasteiger partial charge on any atom is -0.465 e. The molecule has 2 N–H and O–H groups in total. The van der Waals surface area contributed by atoms with Gasteiger partial charge in [0.15, 0.2) is 0 Å². The minimum atomic E-state index is -0.357. The molecule has 1 rings (SSSR count). The van der Waals surface area contributed by atoms with Gasteiger partial charge in [-0.25, -0.2) is 0 Å². The van der Waals surface area contributed by atoms with Crippen LogP contribution in [0.2, 0.25) is 0 Å². The van der Waals surface area contributed by atoms with Gasteiger partial charge in [-0.3, -0.25) is 4.79 Å². The van der Waals surface area contributed by atoms with Crippen molar-refractivity contribution in [3.63, 3.8) is 0 Å². The van der Waals surface area contributed by atoms with Crippen molar-refractivity contribution in [2.75, 3.05) is 38.7 Å². The second-order valence-corrected chi connectivity index (χ2v) is 2.71. The monoisotopic (exact) mass is 208 g/mol. The van der Waals surface area contributed by atoms with Crippen LogP contribution >= 0.6 is 11.6 Å². The van der Waals surface area contributed by atoms with E-state index < -0.39 is 0 Å². The van der Waals surface area contributed by atoms with Crippen LogP contribution in [0.25, 0.3) is 0 Å². The number of ether oxygens (including phenoxy) is 1. The van der Waals surface area contributed by atoms with Crippen LogP contribution in [0.3, 0.4) is 0 Å². The van der Waals surface area contributed by atoms with E-state index in [2.05, 4.69) is 15.4 Å². The van der Waals surface area contributed by atoms with Crippen LogP contribution in [0.15, 0.2) is 0 Å². The summed E-state index contributed by atoms with van der Waals surface area (Å²) in [6.07, 6.45) is 0. The van der Waals surface area contributed by atoms with E-state index in [0.717, 1.165) is 26.2 Å². The molecule has 1 aliphatic rings. The van der Waals surface area contributed by atoms with E-state index in [1.807, 2.05) is 0 Å². The van der Waals surface area contributed by atoms with Gasteiger partial charge >= 0.3 is 5.97 Å². The number of carbonyl (C=O) groups excluding carboxylic acids is 1. The molecule has 0 aromatic carbocycles. The molecule has 0 atom stereocenters. The van der Waals surface area contributed by atoms with Gasteiger partial charge in [0.2, 0.25) is 0 Å². The standard InChI is InChI=1S/C4H7ClO2.C4H10N2/c1-2-7-4(6)3-5;1-2-6-4-3-5-1/h2-3H2,1H3;5-6H,1-4H2. The first-order chi connectivity index (χ1) is 6.31. The fourth-order valence-corrected chi connectivity index (χ4v) is 0.880. The summed E-state index contributed by atoms with van der Waals surface area (Å²) >= 11 is 5.06. The Labute approximate surface area is 84.0 Å². The first-order valence-corrected chi connectivity index (χ1v) is 4.97. The molecule has 5 heteroatoms. The van der Waals surface area contributed by atoms with Crippen LogP contribution in [0.4, 0.5) is 0 Å². The molecule has 78 valence electrons. The van der Waals surface area contributed by atoms with Crippen molar-refractivity contribution in [2.45, 2.75) is 6.92 Å². The molecule has 1 fully saturated rings. The third-order valence-electron chi connectivity index (χ3n) is 1.37. The van der Waals surface area contributed by atoms with E-state index in [0.29, 0.717) is 6.61 Å². The van der Waals surface area contributed by atoms with Crippen LogP contribution < -0.4 is 10.6 Å². The molecule has 4 nitrogen and oxygen atoms in total. The Kier molecular flexibility index (Phi) is 9.53. The zero-order valence-electron chi connectivity index (χ0n) is 7.94. The van der Waals surface area contributed by atoms with Crippen LogP contribution in [-0.4, -0.2) is 44.6 Å². The summed E-state index contributed by atoms with van der Waals surface area (Å²) in [5.74, 6) is -0.405. The lowest BCUT2D eigenvalue weighted by molar-refractivity contribution is -0.140. The van der Waals surface area contributed by atoms with Crippen molar-refractivity contribution >= 4 is 17.6 Å². The van der Waals surface area contributed by atoms with E-state index in [1.165, 1.54) is 0 Å². The molecule has 1 saturated heterocycles. The van der Waals surface area contributed by atoms with Crippen LogP contribution in [0.1, 0.15) is 6.92 Å². The number of piperazine rings is 1. The van der Waals surface area contributed by atoms with E-state index >= 15 is 0 Å². The molecular weight excluding hydrogens is 192 g/mol. The van der Waals surface area contributed by atoms with E-state index in [1.54, 1.807) is 6.92 Å². The Balaban J connectivity index is 0.000000223. The molecular formula is C8H17ClN2O2. The van der Waals surface area contributed by atoms with Gasteiger partial charge < -0.3 is 15.4 Å². The number of rotatable bonds is 2. The molecule has 1 heterocycles. The summed E-state index contributed by atoms with van der Waals surface area (Å²) in [5, 5.41) is 6.44. The molecule has 0 aromatic heterocycles. The fraction of sp³-hybridized carbons (Fsp3) is 0.875. The van der Waals surface area contributed by atoms with Crippen molar-refractivity contribution in [1.82, 2.24) is 10.6 Å². The lowest BCUT2D eigenvalue weighted by atomic mass is 10.4. The van der Waals surface area contributed by atoms with Gasteiger partial charge in [0, 0.05) is 26.2 Å². The predicted molar refractivity (Wildman–Crippen MR) is 53.1 cm³/mol. The summed E-state index contributed by atoms with van der Waals surface area (Å²) < 4.78 is 4.42. The van der Waals surface area contributed by atoms with Gasteiger partial charge in [-0.15, -0.1) is 11.6 Å². The minimum absolute atomic E-state index is 0.0478. The maximum atomic E-state index is 10.1. The fourth-order valence-electron chi connectivity index (χ4n) is 0.803. The van der Waals surface area contributed by atoms with Gasteiger partial charge in [-0.2, -0.15) is 0 Å². The van der Waals surface area contributed by atoms with Gasteiger partial charge in [-0.05, 0) is 6.92 Å². The smallest absolute Gasteiger partial charge is 0.320 e. The highest BCUT2D eigenvalue weighted by atomic mass is 35.5. The Morgan fingerprint density at radius 1 is 1.31 bits per heavy atom. The van der Waals surface area contributed by atoms with Crippen LogP contribution in [0, 0.1) is 0 Å². The molecule has 0 aliphatic carbocycles. The third kappa shape index (κ3) is 9.60. The van der Waals surface area contributed by atoms with Crippen LogP contribution in [-0.2, 0) is 9.53 Å². The Bertz CT molecular complexity index is 118. The lowest BCUT2D eigenvalue weighted by Crippen LogP contribution is -2.39.